The number of hydrogen-bond acceptors (Lipinski definition) is 5. The van der Waals surface area contributed by atoms with Gasteiger partial charge in [0, 0.05) is 19.7 Å². The highest BCUT2D eigenvalue weighted by molar-refractivity contribution is 7.89. The second-order valence-corrected chi connectivity index (χ2v) is 5.49. The monoisotopic (exact) mass is 283 g/mol. The first-order valence-corrected chi connectivity index (χ1v) is 6.95. The molecule has 0 radical (unpaired) electrons. The average Bonchev–Trinajstić information content (AvgIpc) is 2.34. The summed E-state index contributed by atoms with van der Waals surface area (Å²) < 4.78 is 29.3. The fraction of sp³-hybridized carbons (Fsp3) is 0.333. The van der Waals surface area contributed by atoms with Gasteiger partial charge < -0.3 is 10.5 Å². The van der Waals surface area contributed by atoms with E-state index >= 15 is 0 Å². The van der Waals surface area contributed by atoms with Gasteiger partial charge >= 0.3 is 0 Å². The Morgan fingerprint density at radius 2 is 2.11 bits per heavy atom. The molecule has 0 aliphatic carbocycles. The van der Waals surface area contributed by atoms with Crippen molar-refractivity contribution in [3.05, 3.63) is 23.8 Å². The van der Waals surface area contributed by atoms with E-state index in [0.29, 0.717) is 5.56 Å². The maximum atomic E-state index is 12.1. The van der Waals surface area contributed by atoms with Crippen LogP contribution in [0.4, 0.5) is 0 Å². The Bertz CT molecular complexity index is 600. The SMILES string of the molecule is COc1ccc(C#CCN)cc1S(=O)(=O)NN(C)C. The molecule has 6 nitrogen and oxygen atoms in total. The van der Waals surface area contributed by atoms with E-state index in [-0.39, 0.29) is 17.2 Å². The number of hydrogen-bond donors (Lipinski definition) is 2. The Hall–Kier alpha value is -1.59. The first-order chi connectivity index (χ1) is 8.90. The van der Waals surface area contributed by atoms with Crippen molar-refractivity contribution in [1.29, 1.82) is 0 Å². The molecule has 0 spiro atoms. The normalized spacial score (nSPS) is 11.0. The standard InChI is InChI=1S/C12H17N3O3S/c1-15(2)14-19(16,17)12-9-10(5-4-8-13)6-7-11(12)18-3/h6-7,9,14H,8,13H2,1-3H3. The lowest BCUT2D eigenvalue weighted by molar-refractivity contribution is 0.360. The number of nitrogens with two attached hydrogens (primary N) is 1. The summed E-state index contributed by atoms with van der Waals surface area (Å²) in [6, 6.07) is 4.69. The van der Waals surface area contributed by atoms with Crippen LogP contribution in [-0.4, -0.2) is 41.2 Å². The third kappa shape index (κ3) is 4.22. The van der Waals surface area contributed by atoms with Gasteiger partial charge in [-0.25, -0.2) is 13.4 Å². The highest BCUT2D eigenvalue weighted by Gasteiger charge is 2.20. The topological polar surface area (TPSA) is 84.7 Å². The van der Waals surface area contributed by atoms with Crippen molar-refractivity contribution in [1.82, 2.24) is 9.84 Å². The Morgan fingerprint density at radius 1 is 1.42 bits per heavy atom. The maximum absolute atomic E-state index is 12.1. The van der Waals surface area contributed by atoms with Crippen LogP contribution in [0.25, 0.3) is 0 Å². The molecule has 19 heavy (non-hydrogen) atoms. The summed E-state index contributed by atoms with van der Waals surface area (Å²) in [6.07, 6.45) is 0. The third-order valence-corrected chi connectivity index (χ3v) is 3.59. The zero-order valence-corrected chi connectivity index (χ0v) is 11.9. The van der Waals surface area contributed by atoms with Crippen molar-refractivity contribution < 1.29 is 13.2 Å². The van der Waals surface area contributed by atoms with Gasteiger partial charge in [0.05, 0.1) is 13.7 Å². The molecular formula is C12H17N3O3S. The molecule has 7 heteroatoms. The summed E-state index contributed by atoms with van der Waals surface area (Å²) in [4.78, 5) is 2.38. The van der Waals surface area contributed by atoms with Gasteiger partial charge in [0.15, 0.2) is 0 Å². The summed E-state index contributed by atoms with van der Waals surface area (Å²) >= 11 is 0. The molecule has 0 amide bonds. The van der Waals surface area contributed by atoms with Crippen molar-refractivity contribution >= 4 is 10.0 Å². The van der Waals surface area contributed by atoms with Crippen molar-refractivity contribution in [3.63, 3.8) is 0 Å². The van der Waals surface area contributed by atoms with Crippen molar-refractivity contribution in [3.8, 4) is 17.6 Å². The molecule has 0 saturated heterocycles. The first kappa shape index (κ1) is 15.5. The molecule has 1 aromatic rings. The van der Waals surface area contributed by atoms with Crippen LogP contribution in [0.1, 0.15) is 5.56 Å². The highest BCUT2D eigenvalue weighted by atomic mass is 32.2. The second-order valence-electron chi connectivity index (χ2n) is 3.86. The van der Waals surface area contributed by atoms with Crippen molar-refractivity contribution in [2.24, 2.45) is 5.73 Å². The largest absolute Gasteiger partial charge is 0.495 e. The quantitative estimate of drug-likeness (QED) is 0.588. The molecule has 0 aliphatic heterocycles. The van der Waals surface area contributed by atoms with Gasteiger partial charge in [-0.1, -0.05) is 11.8 Å². The highest BCUT2D eigenvalue weighted by Crippen LogP contribution is 2.24. The average molecular weight is 283 g/mol. The Morgan fingerprint density at radius 3 is 2.63 bits per heavy atom. The van der Waals surface area contributed by atoms with Crippen LogP contribution in [0.15, 0.2) is 23.1 Å². The van der Waals surface area contributed by atoms with Crippen LogP contribution in [-0.2, 0) is 10.0 Å². The summed E-state index contributed by atoms with van der Waals surface area (Å²) in [5, 5.41) is 1.34. The van der Waals surface area contributed by atoms with E-state index in [2.05, 4.69) is 16.7 Å². The van der Waals surface area contributed by atoms with E-state index in [1.54, 1.807) is 26.2 Å². The van der Waals surface area contributed by atoms with Crippen LogP contribution in [0.2, 0.25) is 0 Å². The van der Waals surface area contributed by atoms with E-state index in [0.717, 1.165) is 0 Å². The van der Waals surface area contributed by atoms with Crippen molar-refractivity contribution in [2.45, 2.75) is 4.90 Å². The molecule has 0 saturated carbocycles. The lowest BCUT2D eigenvalue weighted by atomic mass is 10.2. The number of rotatable bonds is 4. The molecule has 0 unspecified atom stereocenters. The Kier molecular flexibility index (Phi) is 5.32. The molecule has 0 fully saturated rings. The number of benzene rings is 1. The van der Waals surface area contributed by atoms with Gasteiger partial charge in [0.1, 0.15) is 10.6 Å². The van der Waals surface area contributed by atoms with Crippen molar-refractivity contribution in [2.75, 3.05) is 27.7 Å². The lowest BCUT2D eigenvalue weighted by Gasteiger charge is -2.14. The Labute approximate surface area is 113 Å². The fourth-order valence-electron chi connectivity index (χ4n) is 1.41. The predicted molar refractivity (Wildman–Crippen MR) is 72.9 cm³/mol. The number of nitrogens with zero attached hydrogens (tertiary/aromatic N) is 1. The number of nitrogens with one attached hydrogen (secondary N) is 1. The summed E-state index contributed by atoms with van der Waals surface area (Å²) in [6.45, 7) is 0.212. The molecule has 3 N–H and O–H groups in total. The second kappa shape index (κ2) is 6.54. The van der Waals surface area contributed by atoms with E-state index in [4.69, 9.17) is 10.5 Å². The summed E-state index contributed by atoms with van der Waals surface area (Å²) in [5.74, 6) is 5.71. The van der Waals surface area contributed by atoms with E-state index in [9.17, 15) is 8.42 Å². The van der Waals surface area contributed by atoms with E-state index < -0.39 is 10.0 Å². The maximum Gasteiger partial charge on any atom is 0.257 e. The summed E-state index contributed by atoms with van der Waals surface area (Å²) in [5.41, 5.74) is 5.85. The van der Waals surface area contributed by atoms with E-state index in [1.165, 1.54) is 18.2 Å². The molecule has 0 bridgehead atoms. The van der Waals surface area contributed by atoms with Crippen LogP contribution < -0.4 is 15.3 Å². The third-order valence-electron chi connectivity index (χ3n) is 2.09. The molecule has 0 aliphatic rings. The fourth-order valence-corrected chi connectivity index (χ4v) is 2.68. The predicted octanol–water partition coefficient (Wildman–Crippen LogP) is -0.240. The number of hydrazine groups is 1. The first-order valence-electron chi connectivity index (χ1n) is 5.47. The van der Waals surface area contributed by atoms with Gasteiger partial charge in [-0.15, -0.1) is 4.83 Å². The van der Waals surface area contributed by atoms with Crippen LogP contribution in [0.5, 0.6) is 5.75 Å². The minimum atomic E-state index is -3.70. The van der Waals surface area contributed by atoms with Crippen LogP contribution in [0, 0.1) is 11.8 Å². The van der Waals surface area contributed by atoms with Gasteiger partial charge in [0.2, 0.25) is 0 Å². The number of sulfonamides is 1. The molecule has 1 aromatic carbocycles. The molecule has 104 valence electrons. The number of ether oxygens (including phenoxy) is 1. The minimum absolute atomic E-state index is 0.0347. The van der Waals surface area contributed by atoms with E-state index in [1.807, 2.05) is 0 Å². The van der Waals surface area contributed by atoms with Gasteiger partial charge in [0.25, 0.3) is 10.0 Å². The van der Waals surface area contributed by atoms with Crippen LogP contribution in [0.3, 0.4) is 0 Å². The van der Waals surface area contributed by atoms with Gasteiger partial charge in [-0.05, 0) is 18.2 Å². The molecular weight excluding hydrogens is 266 g/mol. The summed E-state index contributed by atoms with van der Waals surface area (Å²) in [7, 11) is 0.885. The zero-order chi connectivity index (χ0) is 14.5. The zero-order valence-electron chi connectivity index (χ0n) is 11.1. The molecule has 0 atom stereocenters. The Balaban J connectivity index is 3.30. The number of methoxy groups -OCH3 is 1. The molecule has 0 aromatic heterocycles. The minimum Gasteiger partial charge on any atom is -0.495 e. The van der Waals surface area contributed by atoms with Gasteiger partial charge in [-0.3, -0.25) is 0 Å². The molecule has 0 heterocycles. The molecule has 1 rings (SSSR count). The van der Waals surface area contributed by atoms with Crippen LogP contribution >= 0.6 is 0 Å². The smallest absolute Gasteiger partial charge is 0.257 e. The lowest BCUT2D eigenvalue weighted by Crippen LogP contribution is -2.36. The van der Waals surface area contributed by atoms with Gasteiger partial charge in [-0.2, -0.15) is 0 Å².